The van der Waals surface area contributed by atoms with Crippen LogP contribution in [-0.2, 0) is 0 Å². The Bertz CT molecular complexity index is 828. The zero-order valence-electron chi connectivity index (χ0n) is 13.9. The fraction of sp³-hybridized carbons (Fsp3) is 0.235. The molecule has 0 aliphatic heterocycles. The summed E-state index contributed by atoms with van der Waals surface area (Å²) in [6.07, 6.45) is 0. The van der Waals surface area contributed by atoms with Gasteiger partial charge in [0.05, 0.1) is 21.5 Å². The van der Waals surface area contributed by atoms with E-state index in [1.54, 1.807) is 12.1 Å². The number of carbonyl (C=O) groups excluding carboxylic acids is 1. The van der Waals surface area contributed by atoms with Crippen LogP contribution in [0.2, 0.25) is 0 Å². The van der Waals surface area contributed by atoms with Crippen LogP contribution < -0.4 is 4.74 Å². The van der Waals surface area contributed by atoms with E-state index in [9.17, 15) is 25.0 Å². The van der Waals surface area contributed by atoms with Gasteiger partial charge in [0, 0.05) is 12.1 Å². The summed E-state index contributed by atoms with van der Waals surface area (Å²) in [5, 5.41) is 21.8. The lowest BCUT2D eigenvalue weighted by Crippen LogP contribution is -2.10. The van der Waals surface area contributed by atoms with Gasteiger partial charge < -0.3 is 4.74 Å². The molecule has 0 radical (unpaired) electrons. The number of nitro groups is 2. The summed E-state index contributed by atoms with van der Waals surface area (Å²) in [6, 6.07) is 7.82. The number of nitro benzene ring substituents is 2. The molecule has 2 aromatic rings. The van der Waals surface area contributed by atoms with E-state index in [1.165, 1.54) is 0 Å². The smallest absolute Gasteiger partial charge is 0.344 e. The standard InChI is InChI=1S/C17H16N2O6/c1-10(2)16-5-4-15(6-11(16)3)25-17(20)12-7-13(18(21)22)9-14(8-12)19(23)24/h4-10H,1-3H3. The molecule has 0 aromatic heterocycles. The van der Waals surface area contributed by atoms with E-state index >= 15 is 0 Å². The summed E-state index contributed by atoms with van der Waals surface area (Å²) < 4.78 is 5.20. The molecule has 0 aliphatic rings. The van der Waals surface area contributed by atoms with Crippen molar-refractivity contribution in [3.05, 3.63) is 73.3 Å². The lowest BCUT2D eigenvalue weighted by Gasteiger charge is -2.11. The minimum absolute atomic E-state index is 0.258. The Morgan fingerprint density at radius 2 is 1.56 bits per heavy atom. The Hall–Kier alpha value is -3.29. The molecular weight excluding hydrogens is 328 g/mol. The van der Waals surface area contributed by atoms with Crippen molar-refractivity contribution in [2.24, 2.45) is 0 Å². The molecule has 0 bridgehead atoms. The fourth-order valence-electron chi connectivity index (χ4n) is 2.45. The van der Waals surface area contributed by atoms with E-state index in [-0.39, 0.29) is 11.3 Å². The predicted molar refractivity (Wildman–Crippen MR) is 90.0 cm³/mol. The van der Waals surface area contributed by atoms with Gasteiger partial charge in [0.1, 0.15) is 5.75 Å². The van der Waals surface area contributed by atoms with Crippen molar-refractivity contribution < 1.29 is 19.4 Å². The van der Waals surface area contributed by atoms with Crippen molar-refractivity contribution in [3.8, 4) is 5.75 Å². The number of nitrogens with zero attached hydrogens (tertiary/aromatic N) is 2. The van der Waals surface area contributed by atoms with E-state index in [2.05, 4.69) is 0 Å². The molecule has 0 saturated heterocycles. The Labute approximate surface area is 143 Å². The average Bonchev–Trinajstić information content (AvgIpc) is 2.53. The Balaban J connectivity index is 2.33. The van der Waals surface area contributed by atoms with Crippen LogP contribution in [0.5, 0.6) is 5.75 Å². The summed E-state index contributed by atoms with van der Waals surface area (Å²) in [4.78, 5) is 32.4. The quantitative estimate of drug-likeness (QED) is 0.348. The summed E-state index contributed by atoms with van der Waals surface area (Å²) in [5.74, 6) is -0.325. The van der Waals surface area contributed by atoms with Crippen molar-refractivity contribution in [3.63, 3.8) is 0 Å². The molecule has 8 nitrogen and oxygen atoms in total. The Morgan fingerprint density at radius 1 is 1.00 bits per heavy atom. The van der Waals surface area contributed by atoms with Gasteiger partial charge in [-0.25, -0.2) is 4.79 Å². The van der Waals surface area contributed by atoms with Gasteiger partial charge in [-0.2, -0.15) is 0 Å². The molecule has 0 unspecified atom stereocenters. The molecule has 0 aliphatic carbocycles. The zero-order valence-corrected chi connectivity index (χ0v) is 13.9. The van der Waals surface area contributed by atoms with E-state index in [1.807, 2.05) is 26.8 Å². The van der Waals surface area contributed by atoms with E-state index in [4.69, 9.17) is 4.74 Å². The van der Waals surface area contributed by atoms with E-state index < -0.39 is 27.2 Å². The number of ether oxygens (including phenoxy) is 1. The van der Waals surface area contributed by atoms with Gasteiger partial charge in [-0.1, -0.05) is 19.9 Å². The highest BCUT2D eigenvalue weighted by Gasteiger charge is 2.21. The van der Waals surface area contributed by atoms with Gasteiger partial charge in [-0.3, -0.25) is 20.2 Å². The first-order chi connectivity index (χ1) is 11.7. The predicted octanol–water partition coefficient (Wildman–Crippen LogP) is 4.15. The molecule has 2 rings (SSSR count). The van der Waals surface area contributed by atoms with E-state index in [0.29, 0.717) is 5.92 Å². The lowest BCUT2D eigenvalue weighted by molar-refractivity contribution is -0.394. The van der Waals surface area contributed by atoms with Crippen molar-refractivity contribution in [1.29, 1.82) is 0 Å². The molecule has 0 fully saturated rings. The van der Waals surface area contributed by atoms with Crippen LogP contribution in [0, 0.1) is 27.2 Å². The molecule has 0 N–H and O–H groups in total. The van der Waals surface area contributed by atoms with Gasteiger partial charge in [0.15, 0.2) is 0 Å². The molecule has 0 spiro atoms. The van der Waals surface area contributed by atoms with Gasteiger partial charge in [-0.15, -0.1) is 0 Å². The van der Waals surface area contributed by atoms with E-state index in [0.717, 1.165) is 29.3 Å². The molecule has 0 amide bonds. The maximum absolute atomic E-state index is 12.2. The maximum atomic E-state index is 12.2. The number of non-ortho nitro benzene ring substituents is 2. The zero-order chi connectivity index (χ0) is 18.7. The highest BCUT2D eigenvalue weighted by Crippen LogP contribution is 2.26. The first-order valence-corrected chi connectivity index (χ1v) is 7.45. The van der Waals surface area contributed by atoms with Gasteiger partial charge in [0.2, 0.25) is 0 Å². The minimum Gasteiger partial charge on any atom is -0.423 e. The topological polar surface area (TPSA) is 113 Å². The number of benzene rings is 2. The number of rotatable bonds is 5. The molecule has 0 heterocycles. The van der Waals surface area contributed by atoms with Crippen LogP contribution in [0.25, 0.3) is 0 Å². The Kier molecular flexibility index (Phi) is 5.11. The highest BCUT2D eigenvalue weighted by molar-refractivity contribution is 5.92. The largest absolute Gasteiger partial charge is 0.423 e. The third kappa shape index (κ3) is 4.17. The molecular formula is C17H16N2O6. The van der Waals surface area contributed by atoms with Crippen molar-refractivity contribution in [1.82, 2.24) is 0 Å². The number of hydrogen-bond acceptors (Lipinski definition) is 6. The van der Waals surface area contributed by atoms with Crippen LogP contribution in [0.15, 0.2) is 36.4 Å². The van der Waals surface area contributed by atoms with Crippen LogP contribution in [0.3, 0.4) is 0 Å². The molecule has 0 saturated carbocycles. The fourth-order valence-corrected chi connectivity index (χ4v) is 2.45. The van der Waals surface area contributed by atoms with Crippen molar-refractivity contribution in [2.45, 2.75) is 26.7 Å². The number of hydrogen-bond donors (Lipinski definition) is 0. The normalized spacial score (nSPS) is 10.6. The monoisotopic (exact) mass is 344 g/mol. The number of carbonyl (C=O) groups is 1. The van der Waals surface area contributed by atoms with Crippen LogP contribution >= 0.6 is 0 Å². The molecule has 25 heavy (non-hydrogen) atoms. The summed E-state index contributed by atoms with van der Waals surface area (Å²) in [7, 11) is 0. The molecule has 8 heteroatoms. The first-order valence-electron chi connectivity index (χ1n) is 7.45. The SMILES string of the molecule is Cc1cc(OC(=O)c2cc([N+](=O)[O-])cc([N+](=O)[O-])c2)ccc1C(C)C. The summed E-state index contributed by atoms with van der Waals surface area (Å²) in [6.45, 7) is 5.96. The molecule has 0 atom stereocenters. The maximum Gasteiger partial charge on any atom is 0.344 e. The van der Waals surface area contributed by atoms with Crippen molar-refractivity contribution >= 4 is 17.3 Å². The highest BCUT2D eigenvalue weighted by atomic mass is 16.6. The average molecular weight is 344 g/mol. The van der Waals surface area contributed by atoms with Gasteiger partial charge >= 0.3 is 5.97 Å². The number of aryl methyl sites for hydroxylation is 1. The first kappa shape index (κ1) is 18.1. The Morgan fingerprint density at radius 3 is 2.00 bits per heavy atom. The second-order valence-electron chi connectivity index (χ2n) is 5.81. The van der Waals surface area contributed by atoms with Crippen LogP contribution in [0.1, 0.15) is 41.3 Å². The van der Waals surface area contributed by atoms with Crippen LogP contribution in [-0.4, -0.2) is 15.8 Å². The number of esters is 1. The third-order valence-corrected chi connectivity index (χ3v) is 3.63. The summed E-state index contributed by atoms with van der Waals surface area (Å²) in [5.41, 5.74) is 0.683. The van der Waals surface area contributed by atoms with Crippen LogP contribution in [0.4, 0.5) is 11.4 Å². The summed E-state index contributed by atoms with van der Waals surface area (Å²) >= 11 is 0. The minimum atomic E-state index is -0.900. The molecule has 130 valence electrons. The molecule has 2 aromatic carbocycles. The van der Waals surface area contributed by atoms with Crippen molar-refractivity contribution in [2.75, 3.05) is 0 Å². The second kappa shape index (κ2) is 7.08. The second-order valence-corrected chi connectivity index (χ2v) is 5.81. The third-order valence-electron chi connectivity index (χ3n) is 3.63. The van der Waals surface area contributed by atoms with Gasteiger partial charge in [-0.05, 0) is 36.1 Å². The lowest BCUT2D eigenvalue weighted by atomic mass is 9.98. The van der Waals surface area contributed by atoms with Gasteiger partial charge in [0.25, 0.3) is 11.4 Å².